The molecule has 4 heteroatoms. The number of benzene rings is 1. The van der Waals surface area contributed by atoms with Crippen molar-refractivity contribution in [2.24, 2.45) is 5.84 Å². The lowest BCUT2D eigenvalue weighted by atomic mass is 9.90. The van der Waals surface area contributed by atoms with Gasteiger partial charge in [-0.1, -0.05) is 24.3 Å². The lowest BCUT2D eigenvalue weighted by Crippen LogP contribution is -2.35. The molecule has 1 aromatic rings. The Balaban J connectivity index is 1.90. The Bertz CT molecular complexity index is 379. The summed E-state index contributed by atoms with van der Waals surface area (Å²) in [6, 6.07) is 8.36. The highest BCUT2D eigenvalue weighted by atomic mass is 16.5. The van der Waals surface area contributed by atoms with Gasteiger partial charge in [0.05, 0.1) is 6.10 Å². The molecule has 0 saturated heterocycles. The van der Waals surface area contributed by atoms with Gasteiger partial charge in [-0.15, -0.1) is 0 Å². The zero-order valence-electron chi connectivity index (χ0n) is 9.11. The van der Waals surface area contributed by atoms with Gasteiger partial charge < -0.3 is 4.74 Å². The third-order valence-electron chi connectivity index (χ3n) is 2.91. The Kier molecular flexibility index (Phi) is 3.54. The minimum atomic E-state index is -0.279. The molecular formula is C12H16N2O2. The van der Waals surface area contributed by atoms with Gasteiger partial charge in [0.2, 0.25) is 0 Å². The third-order valence-corrected chi connectivity index (χ3v) is 2.91. The van der Waals surface area contributed by atoms with Gasteiger partial charge >= 0.3 is 0 Å². The van der Waals surface area contributed by atoms with E-state index in [1.165, 1.54) is 11.1 Å². The van der Waals surface area contributed by atoms with Gasteiger partial charge in [0, 0.05) is 0 Å². The number of carbonyl (C=O) groups excluding carboxylic acids is 1. The second-order valence-electron chi connectivity index (χ2n) is 4.01. The molecule has 3 N–H and O–H groups in total. The van der Waals surface area contributed by atoms with Gasteiger partial charge in [0.25, 0.3) is 5.91 Å². The maximum atomic E-state index is 10.9. The van der Waals surface area contributed by atoms with E-state index in [1.54, 1.807) is 0 Å². The first-order chi connectivity index (χ1) is 7.79. The summed E-state index contributed by atoms with van der Waals surface area (Å²) < 4.78 is 5.50. The maximum absolute atomic E-state index is 10.9. The molecule has 1 amide bonds. The number of hydrogen-bond acceptors (Lipinski definition) is 3. The molecule has 2 rings (SSSR count). The number of rotatable bonds is 3. The van der Waals surface area contributed by atoms with Crippen LogP contribution in [0.3, 0.4) is 0 Å². The fourth-order valence-corrected chi connectivity index (χ4v) is 2.04. The van der Waals surface area contributed by atoms with Crippen LogP contribution in [0, 0.1) is 0 Å². The van der Waals surface area contributed by atoms with Crippen molar-refractivity contribution < 1.29 is 9.53 Å². The van der Waals surface area contributed by atoms with E-state index in [0.29, 0.717) is 0 Å². The van der Waals surface area contributed by atoms with Crippen LogP contribution in [-0.4, -0.2) is 18.6 Å². The summed E-state index contributed by atoms with van der Waals surface area (Å²) in [5.41, 5.74) is 4.78. The van der Waals surface area contributed by atoms with Crippen LogP contribution in [0.4, 0.5) is 0 Å². The largest absolute Gasteiger partial charge is 0.368 e. The van der Waals surface area contributed by atoms with E-state index in [1.807, 2.05) is 6.07 Å². The molecule has 1 aliphatic carbocycles. The molecule has 0 unspecified atom stereocenters. The van der Waals surface area contributed by atoms with Crippen molar-refractivity contribution in [2.45, 2.75) is 25.4 Å². The van der Waals surface area contributed by atoms with Crippen molar-refractivity contribution in [2.75, 3.05) is 6.61 Å². The third kappa shape index (κ3) is 2.59. The fourth-order valence-electron chi connectivity index (χ4n) is 2.04. The Morgan fingerprint density at radius 1 is 1.44 bits per heavy atom. The lowest BCUT2D eigenvalue weighted by molar-refractivity contribution is -0.128. The first-order valence-electron chi connectivity index (χ1n) is 5.47. The summed E-state index contributed by atoms with van der Waals surface area (Å²) in [5.74, 6) is 4.71. The molecule has 0 heterocycles. The molecule has 0 saturated carbocycles. The van der Waals surface area contributed by atoms with E-state index in [2.05, 4.69) is 23.6 Å². The highest BCUT2D eigenvalue weighted by Crippen LogP contribution is 2.22. The first kappa shape index (κ1) is 11.1. The Labute approximate surface area is 94.8 Å². The van der Waals surface area contributed by atoms with Crippen molar-refractivity contribution in [3.63, 3.8) is 0 Å². The second-order valence-corrected chi connectivity index (χ2v) is 4.01. The van der Waals surface area contributed by atoms with Crippen LogP contribution in [0.25, 0.3) is 0 Å². The molecule has 1 aliphatic rings. The Morgan fingerprint density at radius 3 is 2.94 bits per heavy atom. The molecule has 86 valence electrons. The average molecular weight is 220 g/mol. The summed E-state index contributed by atoms with van der Waals surface area (Å²) in [6.45, 7) is 0.0450. The minimum Gasteiger partial charge on any atom is -0.368 e. The van der Waals surface area contributed by atoms with E-state index in [9.17, 15) is 4.79 Å². The minimum absolute atomic E-state index is 0.0450. The predicted molar refractivity (Wildman–Crippen MR) is 60.5 cm³/mol. The van der Waals surface area contributed by atoms with Gasteiger partial charge in [-0.25, -0.2) is 5.84 Å². The number of ether oxygens (including phenoxy) is 1. The lowest BCUT2D eigenvalue weighted by Gasteiger charge is -2.24. The van der Waals surface area contributed by atoms with Gasteiger partial charge in [-0.05, 0) is 30.4 Å². The van der Waals surface area contributed by atoms with Crippen molar-refractivity contribution >= 4 is 5.91 Å². The maximum Gasteiger partial charge on any atom is 0.259 e. The monoisotopic (exact) mass is 220 g/mol. The number of nitrogens with one attached hydrogen (secondary N) is 1. The Hall–Kier alpha value is -1.39. The fraction of sp³-hybridized carbons (Fsp3) is 0.417. The molecule has 0 aromatic heterocycles. The topological polar surface area (TPSA) is 64.3 Å². The molecule has 0 spiro atoms. The second kappa shape index (κ2) is 5.09. The summed E-state index contributed by atoms with van der Waals surface area (Å²) in [5, 5.41) is 0. The molecule has 0 aliphatic heterocycles. The molecular weight excluding hydrogens is 204 g/mol. The average Bonchev–Trinajstić information content (AvgIpc) is 2.35. The van der Waals surface area contributed by atoms with Gasteiger partial charge in [0.15, 0.2) is 0 Å². The first-order valence-corrected chi connectivity index (χ1v) is 5.47. The number of nitrogens with two attached hydrogens (primary N) is 1. The molecule has 1 aromatic carbocycles. The number of fused-ring (bicyclic) bond motifs is 1. The van der Waals surface area contributed by atoms with E-state index < -0.39 is 0 Å². The highest BCUT2D eigenvalue weighted by molar-refractivity contribution is 5.76. The Morgan fingerprint density at radius 2 is 2.19 bits per heavy atom. The number of carbonyl (C=O) groups is 1. The molecule has 16 heavy (non-hydrogen) atoms. The van der Waals surface area contributed by atoms with Gasteiger partial charge in [0.1, 0.15) is 6.61 Å². The molecule has 0 radical (unpaired) electrons. The smallest absolute Gasteiger partial charge is 0.259 e. The standard InChI is InChI=1S/C12H16N2O2/c13-14-12(15)8-16-11-6-5-9-3-1-2-4-10(9)7-11/h1-4,11H,5-8,13H2,(H,14,15)/t11-/m0/s1. The zero-order chi connectivity index (χ0) is 11.4. The van der Waals surface area contributed by atoms with Crippen LogP contribution in [0.5, 0.6) is 0 Å². The molecule has 4 nitrogen and oxygen atoms in total. The highest BCUT2D eigenvalue weighted by Gasteiger charge is 2.19. The summed E-state index contributed by atoms with van der Waals surface area (Å²) in [7, 11) is 0. The summed E-state index contributed by atoms with van der Waals surface area (Å²) in [4.78, 5) is 10.9. The quantitative estimate of drug-likeness (QED) is 0.444. The molecule has 0 bridgehead atoms. The zero-order valence-corrected chi connectivity index (χ0v) is 9.11. The van der Waals surface area contributed by atoms with Gasteiger partial charge in [-0.3, -0.25) is 10.2 Å². The number of amides is 1. The SMILES string of the molecule is NNC(=O)CO[C@H]1CCc2ccccc2C1. The van der Waals surface area contributed by atoms with Crippen LogP contribution >= 0.6 is 0 Å². The van der Waals surface area contributed by atoms with Crippen LogP contribution in [0.1, 0.15) is 17.5 Å². The number of hydrogen-bond donors (Lipinski definition) is 2. The van der Waals surface area contributed by atoms with Crippen molar-refractivity contribution in [3.05, 3.63) is 35.4 Å². The van der Waals surface area contributed by atoms with Crippen LogP contribution in [0.15, 0.2) is 24.3 Å². The van der Waals surface area contributed by atoms with Crippen molar-refractivity contribution in [1.82, 2.24) is 5.43 Å². The van der Waals surface area contributed by atoms with E-state index >= 15 is 0 Å². The summed E-state index contributed by atoms with van der Waals surface area (Å²) in [6.07, 6.45) is 3.00. The normalized spacial score (nSPS) is 18.9. The number of hydrazine groups is 1. The van der Waals surface area contributed by atoms with E-state index in [-0.39, 0.29) is 18.6 Å². The van der Waals surface area contributed by atoms with Crippen molar-refractivity contribution in [1.29, 1.82) is 0 Å². The number of aryl methyl sites for hydroxylation is 1. The molecule has 0 fully saturated rings. The molecule has 1 atom stereocenters. The summed E-state index contributed by atoms with van der Waals surface area (Å²) >= 11 is 0. The van der Waals surface area contributed by atoms with Gasteiger partial charge in [-0.2, -0.15) is 0 Å². The van der Waals surface area contributed by atoms with Crippen LogP contribution < -0.4 is 11.3 Å². The van der Waals surface area contributed by atoms with E-state index in [4.69, 9.17) is 10.6 Å². The van der Waals surface area contributed by atoms with Crippen LogP contribution in [0.2, 0.25) is 0 Å². The van der Waals surface area contributed by atoms with Crippen LogP contribution in [-0.2, 0) is 22.4 Å². The predicted octanol–water partition coefficient (Wildman–Crippen LogP) is 0.550. The van der Waals surface area contributed by atoms with E-state index in [0.717, 1.165) is 19.3 Å². The van der Waals surface area contributed by atoms with Crippen molar-refractivity contribution in [3.8, 4) is 0 Å².